The molecule has 1 heterocycles. The Morgan fingerprint density at radius 3 is 2.78 bits per heavy atom. The Bertz CT molecular complexity index is 789. The van der Waals surface area contributed by atoms with Crippen LogP contribution in [0, 0.1) is 13.8 Å². The molecule has 0 aliphatic heterocycles. The third-order valence-electron chi connectivity index (χ3n) is 3.54. The second kappa shape index (κ2) is 7.66. The lowest BCUT2D eigenvalue weighted by Gasteiger charge is -2.10. The van der Waals surface area contributed by atoms with E-state index in [0.717, 1.165) is 5.56 Å². The molecule has 2 rings (SSSR count). The van der Waals surface area contributed by atoms with Gasteiger partial charge in [0.1, 0.15) is 0 Å². The van der Waals surface area contributed by atoms with Gasteiger partial charge in [-0.3, -0.25) is 9.59 Å². The molecule has 0 spiro atoms. The van der Waals surface area contributed by atoms with Gasteiger partial charge in [-0.05, 0) is 44.2 Å². The number of amides is 1. The van der Waals surface area contributed by atoms with Crippen LogP contribution in [-0.2, 0) is 11.2 Å². The van der Waals surface area contributed by atoms with Crippen molar-refractivity contribution in [3.63, 3.8) is 0 Å². The van der Waals surface area contributed by atoms with Gasteiger partial charge in [-0.25, -0.2) is 4.98 Å². The van der Waals surface area contributed by atoms with E-state index in [1.807, 2.05) is 13.2 Å². The molecule has 0 atom stereocenters. The van der Waals surface area contributed by atoms with Gasteiger partial charge >= 0.3 is 0 Å². The van der Waals surface area contributed by atoms with Crippen molar-refractivity contribution < 1.29 is 4.79 Å². The topological polar surface area (TPSA) is 74.8 Å². The van der Waals surface area contributed by atoms with Gasteiger partial charge in [-0.2, -0.15) is 0 Å². The normalized spacial score (nSPS) is 10.6. The standard InChI is InChI=1S/C16H18ClN3O2S/c1-9-12(17)5-4-6-13(9)19-14(21)8-7-11-10(2)18-16(23-3)20-15(11)22/h4-6H,7-8H2,1-3H3,(H,19,21)(H,18,20,22). The smallest absolute Gasteiger partial charge is 0.254 e. The molecule has 7 heteroatoms. The lowest BCUT2D eigenvalue weighted by molar-refractivity contribution is -0.116. The predicted molar refractivity (Wildman–Crippen MR) is 94.5 cm³/mol. The third kappa shape index (κ3) is 4.36. The molecule has 0 bridgehead atoms. The molecule has 0 radical (unpaired) electrons. The van der Waals surface area contributed by atoms with E-state index in [0.29, 0.717) is 33.5 Å². The van der Waals surface area contributed by atoms with E-state index >= 15 is 0 Å². The Morgan fingerprint density at radius 1 is 1.39 bits per heavy atom. The average molecular weight is 352 g/mol. The SMILES string of the molecule is CSc1nc(C)c(CCC(=O)Nc2cccc(Cl)c2C)c(=O)[nH]1. The highest BCUT2D eigenvalue weighted by Crippen LogP contribution is 2.23. The van der Waals surface area contributed by atoms with Crippen LogP contribution in [0.4, 0.5) is 5.69 Å². The number of carbonyl (C=O) groups is 1. The first-order valence-corrected chi connectivity index (χ1v) is 8.71. The summed E-state index contributed by atoms with van der Waals surface area (Å²) in [5, 5.41) is 4.01. The first kappa shape index (κ1) is 17.6. The summed E-state index contributed by atoms with van der Waals surface area (Å²) in [6.07, 6.45) is 2.39. The molecular weight excluding hydrogens is 334 g/mol. The van der Waals surface area contributed by atoms with E-state index in [2.05, 4.69) is 15.3 Å². The summed E-state index contributed by atoms with van der Waals surface area (Å²) in [6, 6.07) is 5.35. The number of hydrogen-bond donors (Lipinski definition) is 2. The zero-order valence-electron chi connectivity index (χ0n) is 13.2. The number of benzene rings is 1. The van der Waals surface area contributed by atoms with Crippen molar-refractivity contribution in [2.24, 2.45) is 0 Å². The highest BCUT2D eigenvalue weighted by atomic mass is 35.5. The maximum atomic E-state index is 12.1. The molecule has 1 aromatic carbocycles. The second-order valence-electron chi connectivity index (χ2n) is 5.10. The van der Waals surface area contributed by atoms with E-state index in [9.17, 15) is 9.59 Å². The molecule has 0 saturated heterocycles. The molecule has 122 valence electrons. The molecule has 0 fully saturated rings. The summed E-state index contributed by atoms with van der Waals surface area (Å²) < 4.78 is 0. The summed E-state index contributed by atoms with van der Waals surface area (Å²) in [5.74, 6) is -0.164. The van der Waals surface area contributed by atoms with Crippen LogP contribution < -0.4 is 10.9 Å². The summed E-state index contributed by atoms with van der Waals surface area (Å²) in [5.41, 5.74) is 2.52. The van der Waals surface area contributed by atoms with E-state index in [1.165, 1.54) is 11.8 Å². The van der Waals surface area contributed by atoms with Gasteiger partial charge in [0.25, 0.3) is 5.56 Å². The van der Waals surface area contributed by atoms with Crippen molar-refractivity contribution in [3.8, 4) is 0 Å². The minimum atomic E-state index is -0.186. The Morgan fingerprint density at radius 2 is 2.13 bits per heavy atom. The van der Waals surface area contributed by atoms with Crippen molar-refractivity contribution in [1.82, 2.24) is 9.97 Å². The molecule has 0 aliphatic rings. The summed E-state index contributed by atoms with van der Waals surface area (Å²) in [7, 11) is 0. The number of aromatic amines is 1. The van der Waals surface area contributed by atoms with Crippen molar-refractivity contribution in [3.05, 3.63) is 50.4 Å². The predicted octanol–water partition coefficient (Wildman–Crippen LogP) is 3.33. The van der Waals surface area contributed by atoms with Gasteiger partial charge in [-0.15, -0.1) is 0 Å². The molecule has 1 aromatic heterocycles. The fourth-order valence-corrected chi connectivity index (χ4v) is 2.77. The van der Waals surface area contributed by atoms with Crippen LogP contribution in [0.5, 0.6) is 0 Å². The van der Waals surface area contributed by atoms with Gasteiger partial charge in [-0.1, -0.05) is 29.4 Å². The highest BCUT2D eigenvalue weighted by molar-refractivity contribution is 7.98. The quantitative estimate of drug-likeness (QED) is 0.640. The number of nitrogens with zero attached hydrogens (tertiary/aromatic N) is 1. The number of carbonyl (C=O) groups excluding carboxylic acids is 1. The van der Waals surface area contributed by atoms with E-state index < -0.39 is 0 Å². The number of H-pyrrole nitrogens is 1. The van der Waals surface area contributed by atoms with Gasteiger partial charge in [0.15, 0.2) is 5.16 Å². The van der Waals surface area contributed by atoms with Crippen LogP contribution in [0.25, 0.3) is 0 Å². The number of thioether (sulfide) groups is 1. The van der Waals surface area contributed by atoms with E-state index in [1.54, 1.807) is 25.1 Å². The Hall–Kier alpha value is -1.79. The second-order valence-corrected chi connectivity index (χ2v) is 6.30. The van der Waals surface area contributed by atoms with E-state index in [-0.39, 0.29) is 17.9 Å². The summed E-state index contributed by atoms with van der Waals surface area (Å²) in [6.45, 7) is 3.63. The first-order valence-electron chi connectivity index (χ1n) is 7.11. The number of nitrogens with one attached hydrogen (secondary N) is 2. The van der Waals surface area contributed by atoms with Gasteiger partial charge in [0.2, 0.25) is 5.91 Å². The molecular formula is C16H18ClN3O2S. The van der Waals surface area contributed by atoms with Gasteiger partial charge in [0.05, 0.1) is 0 Å². The largest absolute Gasteiger partial charge is 0.326 e. The fraction of sp³-hybridized carbons (Fsp3) is 0.312. The van der Waals surface area contributed by atoms with Crippen molar-refractivity contribution in [1.29, 1.82) is 0 Å². The molecule has 0 unspecified atom stereocenters. The van der Waals surface area contributed by atoms with Gasteiger partial charge < -0.3 is 10.3 Å². The lowest BCUT2D eigenvalue weighted by Crippen LogP contribution is -2.20. The Kier molecular flexibility index (Phi) is 5.85. The zero-order valence-corrected chi connectivity index (χ0v) is 14.8. The minimum Gasteiger partial charge on any atom is -0.326 e. The number of aryl methyl sites for hydroxylation is 1. The number of aromatic nitrogens is 2. The van der Waals surface area contributed by atoms with Gasteiger partial charge in [0, 0.05) is 28.4 Å². The van der Waals surface area contributed by atoms with Crippen LogP contribution in [0.3, 0.4) is 0 Å². The highest BCUT2D eigenvalue weighted by Gasteiger charge is 2.11. The third-order valence-corrected chi connectivity index (χ3v) is 4.53. The molecule has 0 saturated carbocycles. The van der Waals surface area contributed by atoms with Crippen LogP contribution in [0.1, 0.15) is 23.2 Å². The maximum Gasteiger partial charge on any atom is 0.254 e. The van der Waals surface area contributed by atoms with Crippen LogP contribution >= 0.6 is 23.4 Å². The number of rotatable bonds is 5. The van der Waals surface area contributed by atoms with Crippen molar-refractivity contribution in [2.75, 3.05) is 11.6 Å². The minimum absolute atomic E-state index is 0.164. The number of hydrogen-bond acceptors (Lipinski definition) is 4. The van der Waals surface area contributed by atoms with Crippen LogP contribution in [0.15, 0.2) is 28.2 Å². The summed E-state index contributed by atoms with van der Waals surface area (Å²) >= 11 is 7.41. The maximum absolute atomic E-state index is 12.1. The summed E-state index contributed by atoms with van der Waals surface area (Å²) in [4.78, 5) is 31.1. The lowest BCUT2D eigenvalue weighted by atomic mass is 10.1. The molecule has 1 amide bonds. The molecule has 5 nitrogen and oxygen atoms in total. The molecule has 23 heavy (non-hydrogen) atoms. The van der Waals surface area contributed by atoms with E-state index in [4.69, 9.17) is 11.6 Å². The van der Waals surface area contributed by atoms with Crippen LogP contribution in [0.2, 0.25) is 5.02 Å². The Labute approximate surface area is 143 Å². The molecule has 2 N–H and O–H groups in total. The molecule has 0 aliphatic carbocycles. The van der Waals surface area contributed by atoms with Crippen molar-refractivity contribution in [2.45, 2.75) is 31.8 Å². The Balaban J connectivity index is 2.05. The monoisotopic (exact) mass is 351 g/mol. The fourth-order valence-electron chi connectivity index (χ4n) is 2.17. The number of halogens is 1. The van der Waals surface area contributed by atoms with Crippen molar-refractivity contribution >= 4 is 35.0 Å². The number of anilines is 1. The molecule has 2 aromatic rings. The van der Waals surface area contributed by atoms with Crippen LogP contribution in [-0.4, -0.2) is 22.1 Å². The average Bonchev–Trinajstić information content (AvgIpc) is 2.50. The zero-order chi connectivity index (χ0) is 17.0. The first-order chi connectivity index (χ1) is 10.9.